The average molecular weight is 546 g/mol. The normalized spacial score (nSPS) is 16.7. The van der Waals surface area contributed by atoms with E-state index in [-0.39, 0.29) is 11.5 Å². The van der Waals surface area contributed by atoms with Gasteiger partial charge in [-0.05, 0) is 37.0 Å². The third kappa shape index (κ3) is 7.61. The van der Waals surface area contributed by atoms with Crippen molar-refractivity contribution in [2.24, 2.45) is 0 Å². The first-order valence-corrected chi connectivity index (χ1v) is 15.7. The van der Waals surface area contributed by atoms with Gasteiger partial charge in [0.2, 0.25) is 5.69 Å². The van der Waals surface area contributed by atoms with E-state index in [1.807, 2.05) is 30.3 Å². The topological polar surface area (TPSA) is 115 Å². The minimum Gasteiger partial charge on any atom is -0.345 e. The third-order valence-electron chi connectivity index (χ3n) is 6.65. The molecule has 0 spiro atoms. The number of anilines is 1. The quantitative estimate of drug-likeness (QED) is 0.234. The number of unbranched alkanes of at least 4 members (excludes halogenated alkanes) is 2. The van der Waals surface area contributed by atoms with Crippen molar-refractivity contribution in [1.82, 2.24) is 0 Å². The molecule has 0 unspecified atom stereocenters. The summed E-state index contributed by atoms with van der Waals surface area (Å²) >= 11 is 0. The van der Waals surface area contributed by atoms with E-state index < -0.39 is 20.2 Å². The second-order valence-corrected chi connectivity index (χ2v) is 12.6. The van der Waals surface area contributed by atoms with Crippen LogP contribution in [0.15, 0.2) is 72.5 Å². The maximum Gasteiger partial charge on any atom is 0.264 e. The van der Waals surface area contributed by atoms with E-state index in [4.69, 9.17) is 9.11 Å². The maximum atomic E-state index is 11.1. The largest absolute Gasteiger partial charge is 0.345 e. The lowest BCUT2D eigenvalue weighted by Crippen LogP contribution is -2.20. The van der Waals surface area contributed by atoms with Gasteiger partial charge in [0.05, 0.1) is 17.9 Å². The van der Waals surface area contributed by atoms with Crippen LogP contribution in [0.2, 0.25) is 0 Å². The molecule has 2 aliphatic rings. The standard InChI is InChI=1S/C27H32N2O6S2/c30-36(31,32)18-7-5-16-28-24(20-22-10-1-3-14-26(22)28)12-9-13-25-21-23-11-2-4-15-27(23)29(25)17-6-8-19-37(33,34)35/h1-4,9-15H,5-8,16-21H2,(H-,30,31,32,33,34,35)/p+1. The highest BCUT2D eigenvalue weighted by Crippen LogP contribution is 2.34. The van der Waals surface area contributed by atoms with Gasteiger partial charge < -0.3 is 4.90 Å². The number of fused-ring (bicyclic) bond motifs is 2. The van der Waals surface area contributed by atoms with Crippen molar-refractivity contribution >= 4 is 37.3 Å². The Hall–Kier alpha value is -2.79. The van der Waals surface area contributed by atoms with Crippen LogP contribution in [-0.4, -0.2) is 60.8 Å². The zero-order valence-corrected chi connectivity index (χ0v) is 22.3. The number of benzene rings is 2. The van der Waals surface area contributed by atoms with E-state index in [9.17, 15) is 16.8 Å². The molecule has 4 rings (SSSR count). The zero-order chi connectivity index (χ0) is 26.5. The number of hydrogen-bond donors (Lipinski definition) is 2. The highest BCUT2D eigenvalue weighted by atomic mass is 32.2. The molecule has 198 valence electrons. The van der Waals surface area contributed by atoms with E-state index in [2.05, 4.69) is 45.9 Å². The summed E-state index contributed by atoms with van der Waals surface area (Å²) in [5, 5.41) is 0. The molecule has 2 N–H and O–H groups in total. The van der Waals surface area contributed by atoms with Crippen molar-refractivity contribution in [3.63, 3.8) is 0 Å². The van der Waals surface area contributed by atoms with Crippen LogP contribution in [-0.2, 0) is 33.1 Å². The van der Waals surface area contributed by atoms with Crippen molar-refractivity contribution in [2.75, 3.05) is 29.5 Å². The van der Waals surface area contributed by atoms with Crippen LogP contribution >= 0.6 is 0 Å². The number of rotatable bonds is 12. The van der Waals surface area contributed by atoms with Crippen molar-refractivity contribution in [2.45, 2.75) is 38.5 Å². The maximum absolute atomic E-state index is 11.1. The van der Waals surface area contributed by atoms with Gasteiger partial charge in [-0.2, -0.15) is 21.4 Å². The SMILES string of the molecule is O=S(=O)(O)CCCCN1/C(=C\C=C\C2=[N+](CCCCS(=O)(=O)O)c3ccccc3C2)Cc2ccccc21. The van der Waals surface area contributed by atoms with E-state index in [0.717, 1.165) is 35.6 Å². The Morgan fingerprint density at radius 3 is 2.19 bits per heavy atom. The summed E-state index contributed by atoms with van der Waals surface area (Å²) in [5.41, 5.74) is 6.93. The Labute approximate surface area is 219 Å². The van der Waals surface area contributed by atoms with Crippen molar-refractivity contribution in [3.8, 4) is 0 Å². The van der Waals surface area contributed by atoms with Crippen LogP contribution in [0.5, 0.6) is 0 Å². The predicted molar refractivity (Wildman–Crippen MR) is 146 cm³/mol. The molecular formula is C27H33N2O6S2+. The molecule has 0 aliphatic carbocycles. The van der Waals surface area contributed by atoms with Gasteiger partial charge in [0, 0.05) is 48.5 Å². The van der Waals surface area contributed by atoms with Crippen molar-refractivity contribution in [1.29, 1.82) is 0 Å². The van der Waals surface area contributed by atoms with E-state index in [1.54, 1.807) is 0 Å². The summed E-state index contributed by atoms with van der Waals surface area (Å²) in [6.45, 7) is 1.32. The van der Waals surface area contributed by atoms with Crippen LogP contribution in [0.4, 0.5) is 11.4 Å². The molecule has 0 radical (unpaired) electrons. The first-order valence-electron chi connectivity index (χ1n) is 12.4. The smallest absolute Gasteiger partial charge is 0.264 e. The lowest BCUT2D eigenvalue weighted by Gasteiger charge is -2.21. The monoisotopic (exact) mass is 545 g/mol. The summed E-state index contributed by atoms with van der Waals surface area (Å²) in [6.07, 6.45) is 9.86. The van der Waals surface area contributed by atoms with Gasteiger partial charge in [0.1, 0.15) is 6.54 Å². The fourth-order valence-corrected chi connectivity index (χ4v) is 6.08. The molecule has 0 amide bonds. The summed E-state index contributed by atoms with van der Waals surface area (Å²) in [5.74, 6) is -0.471. The fourth-order valence-electron chi connectivity index (χ4n) is 4.94. The first kappa shape index (κ1) is 27.3. The van der Waals surface area contributed by atoms with Crippen LogP contribution in [0.1, 0.15) is 36.8 Å². The molecule has 0 saturated carbocycles. The van der Waals surface area contributed by atoms with Crippen LogP contribution < -0.4 is 4.90 Å². The molecule has 0 saturated heterocycles. The molecule has 37 heavy (non-hydrogen) atoms. The minimum atomic E-state index is -3.96. The highest BCUT2D eigenvalue weighted by Gasteiger charge is 2.28. The zero-order valence-electron chi connectivity index (χ0n) is 20.7. The molecule has 0 aromatic heterocycles. The summed E-state index contributed by atoms with van der Waals surface area (Å²) in [7, 11) is -7.91. The predicted octanol–water partition coefficient (Wildman–Crippen LogP) is 4.17. The molecule has 10 heteroatoms. The van der Waals surface area contributed by atoms with E-state index in [1.165, 1.54) is 11.1 Å². The highest BCUT2D eigenvalue weighted by molar-refractivity contribution is 7.86. The number of hydrogen-bond acceptors (Lipinski definition) is 5. The molecule has 2 aromatic rings. The Balaban J connectivity index is 1.49. The van der Waals surface area contributed by atoms with Gasteiger partial charge in [-0.15, -0.1) is 0 Å². The molecular weight excluding hydrogens is 512 g/mol. The second kappa shape index (κ2) is 11.7. The average Bonchev–Trinajstić information content (AvgIpc) is 3.36. The van der Waals surface area contributed by atoms with Gasteiger partial charge in [0.25, 0.3) is 20.2 Å². The second-order valence-electron chi connectivity index (χ2n) is 9.41. The Bertz CT molecular complexity index is 1440. The summed E-state index contributed by atoms with van der Waals surface area (Å²) in [4.78, 5) is 2.21. The third-order valence-corrected chi connectivity index (χ3v) is 8.26. The molecule has 8 nitrogen and oxygen atoms in total. The molecule has 0 fully saturated rings. The van der Waals surface area contributed by atoms with Gasteiger partial charge in [-0.25, -0.2) is 0 Å². The molecule has 2 heterocycles. The Morgan fingerprint density at radius 1 is 0.811 bits per heavy atom. The van der Waals surface area contributed by atoms with E-state index in [0.29, 0.717) is 38.8 Å². The van der Waals surface area contributed by atoms with Gasteiger partial charge in [0.15, 0.2) is 5.71 Å². The summed E-state index contributed by atoms with van der Waals surface area (Å²) in [6, 6.07) is 16.4. The molecule has 2 aromatic carbocycles. The van der Waals surface area contributed by atoms with Crippen molar-refractivity contribution in [3.05, 3.63) is 83.6 Å². The van der Waals surface area contributed by atoms with Crippen LogP contribution in [0, 0.1) is 0 Å². The lowest BCUT2D eigenvalue weighted by atomic mass is 10.1. The van der Waals surface area contributed by atoms with Crippen LogP contribution in [0.25, 0.3) is 0 Å². The molecule has 0 atom stereocenters. The van der Waals surface area contributed by atoms with Crippen LogP contribution in [0.3, 0.4) is 0 Å². The van der Waals surface area contributed by atoms with Gasteiger partial charge in [-0.3, -0.25) is 9.11 Å². The van der Waals surface area contributed by atoms with Gasteiger partial charge in [-0.1, -0.05) is 42.5 Å². The van der Waals surface area contributed by atoms with Crippen molar-refractivity contribution < 1.29 is 30.5 Å². The van der Waals surface area contributed by atoms with E-state index >= 15 is 0 Å². The number of allylic oxidation sites excluding steroid dienone is 4. The Morgan fingerprint density at radius 2 is 1.46 bits per heavy atom. The fraction of sp³-hybridized carbons (Fsp3) is 0.370. The minimum absolute atomic E-state index is 0.236. The first-order chi connectivity index (χ1) is 17.6. The Kier molecular flexibility index (Phi) is 8.63. The van der Waals surface area contributed by atoms with Gasteiger partial charge >= 0.3 is 0 Å². The summed E-state index contributed by atoms with van der Waals surface area (Å²) < 4.78 is 64.5. The molecule has 2 aliphatic heterocycles. The number of para-hydroxylation sites is 2. The number of nitrogens with zero attached hydrogens (tertiary/aromatic N) is 2. The lowest BCUT2D eigenvalue weighted by molar-refractivity contribution is -0.437. The molecule has 0 bridgehead atoms.